The van der Waals surface area contributed by atoms with Crippen LogP contribution < -0.4 is 5.32 Å². The molecule has 0 aromatic heterocycles. The highest BCUT2D eigenvalue weighted by molar-refractivity contribution is 7.99. The lowest BCUT2D eigenvalue weighted by Gasteiger charge is -2.37. The molecule has 3 rings (SSSR count). The van der Waals surface area contributed by atoms with Crippen molar-refractivity contribution in [3.63, 3.8) is 0 Å². The first-order valence-electron chi connectivity index (χ1n) is 6.98. The number of hydrogen-bond acceptors (Lipinski definition) is 3. The number of nitrogens with zero attached hydrogens (tertiary/aromatic N) is 1. The third-order valence-electron chi connectivity index (χ3n) is 4.66. The molecule has 0 aromatic carbocycles. The van der Waals surface area contributed by atoms with Gasteiger partial charge in [0.25, 0.3) is 0 Å². The van der Waals surface area contributed by atoms with Crippen LogP contribution in [-0.4, -0.2) is 48.1 Å². The number of nitrogens with one attached hydrogen (secondary N) is 1. The first-order chi connectivity index (χ1) is 7.93. The zero-order valence-electron chi connectivity index (χ0n) is 10.2. The van der Waals surface area contributed by atoms with Crippen molar-refractivity contribution in [1.82, 2.24) is 10.2 Å². The number of likely N-dealkylation sites (tertiary alicyclic amines) is 1. The maximum Gasteiger partial charge on any atom is 0.0194 e. The van der Waals surface area contributed by atoms with Crippen LogP contribution in [0, 0.1) is 5.92 Å². The second-order valence-electron chi connectivity index (χ2n) is 5.59. The molecule has 3 fully saturated rings. The third-order valence-corrected chi connectivity index (χ3v) is 5.81. The van der Waals surface area contributed by atoms with Crippen molar-refractivity contribution in [3.05, 3.63) is 0 Å². The quantitative estimate of drug-likeness (QED) is 0.794. The summed E-state index contributed by atoms with van der Waals surface area (Å²) in [6.45, 7) is 4.01. The Bertz CT molecular complexity index is 190. The lowest BCUT2D eigenvalue weighted by molar-refractivity contribution is 0.129. The van der Waals surface area contributed by atoms with Crippen LogP contribution in [0.25, 0.3) is 0 Å². The Balaban J connectivity index is 1.47. The Hall–Kier alpha value is 0.270. The topological polar surface area (TPSA) is 15.3 Å². The van der Waals surface area contributed by atoms with E-state index in [0.29, 0.717) is 0 Å². The number of rotatable bonds is 2. The molecular weight excluding hydrogens is 216 g/mol. The van der Waals surface area contributed by atoms with Crippen LogP contribution in [0.5, 0.6) is 0 Å². The summed E-state index contributed by atoms with van der Waals surface area (Å²) in [6.07, 6.45) is 7.17. The molecule has 0 spiro atoms. The van der Waals surface area contributed by atoms with E-state index < -0.39 is 0 Å². The average Bonchev–Trinajstić information content (AvgIpc) is 3.03. The van der Waals surface area contributed by atoms with Crippen molar-refractivity contribution in [3.8, 4) is 0 Å². The minimum Gasteiger partial charge on any atom is -0.314 e. The molecular formula is C13H24N2S. The van der Waals surface area contributed by atoms with E-state index >= 15 is 0 Å². The van der Waals surface area contributed by atoms with Crippen molar-refractivity contribution in [2.75, 3.05) is 31.1 Å². The summed E-state index contributed by atoms with van der Waals surface area (Å²) in [6, 6.07) is 1.78. The molecule has 92 valence electrons. The number of hydrogen-bond donors (Lipinski definition) is 1. The number of piperidine rings is 1. The summed E-state index contributed by atoms with van der Waals surface area (Å²) in [5, 5.41) is 3.69. The largest absolute Gasteiger partial charge is 0.314 e. The SMILES string of the molecule is C1CNC(C2CCN(C3CCSC3)CC2)C1. The first-order valence-corrected chi connectivity index (χ1v) is 8.14. The Morgan fingerprint density at radius 1 is 1.06 bits per heavy atom. The van der Waals surface area contributed by atoms with E-state index in [-0.39, 0.29) is 0 Å². The molecule has 3 aliphatic rings. The van der Waals surface area contributed by atoms with Gasteiger partial charge in [0.05, 0.1) is 0 Å². The molecule has 0 saturated carbocycles. The molecule has 2 atom stereocenters. The standard InChI is InChI=1S/C13H24N2S/c1-2-13(14-6-1)11-3-7-15(8-4-11)12-5-9-16-10-12/h11-14H,1-10H2. The average molecular weight is 240 g/mol. The molecule has 1 N–H and O–H groups in total. The second kappa shape index (κ2) is 5.28. The maximum atomic E-state index is 3.69. The van der Waals surface area contributed by atoms with Gasteiger partial charge >= 0.3 is 0 Å². The summed E-state index contributed by atoms with van der Waals surface area (Å²) in [7, 11) is 0. The van der Waals surface area contributed by atoms with E-state index in [2.05, 4.69) is 22.0 Å². The molecule has 3 heteroatoms. The van der Waals surface area contributed by atoms with E-state index in [9.17, 15) is 0 Å². The zero-order chi connectivity index (χ0) is 10.8. The highest BCUT2D eigenvalue weighted by Gasteiger charge is 2.31. The Labute approximate surface area is 104 Å². The Kier molecular flexibility index (Phi) is 3.75. The predicted molar refractivity (Wildman–Crippen MR) is 71.1 cm³/mol. The van der Waals surface area contributed by atoms with Crippen LogP contribution in [-0.2, 0) is 0 Å². The van der Waals surface area contributed by atoms with Crippen molar-refractivity contribution >= 4 is 11.8 Å². The minimum absolute atomic E-state index is 0.861. The van der Waals surface area contributed by atoms with Gasteiger partial charge in [-0.1, -0.05) is 0 Å². The normalized spacial score (nSPS) is 38.2. The van der Waals surface area contributed by atoms with Crippen LogP contribution >= 0.6 is 11.8 Å². The van der Waals surface area contributed by atoms with Gasteiger partial charge in [0.2, 0.25) is 0 Å². The van der Waals surface area contributed by atoms with Gasteiger partial charge < -0.3 is 5.32 Å². The van der Waals surface area contributed by atoms with Crippen LogP contribution in [0.4, 0.5) is 0 Å². The summed E-state index contributed by atoms with van der Waals surface area (Å²) in [4.78, 5) is 2.77. The second-order valence-corrected chi connectivity index (χ2v) is 6.74. The van der Waals surface area contributed by atoms with Crippen LogP contribution in [0.2, 0.25) is 0 Å². The van der Waals surface area contributed by atoms with Gasteiger partial charge in [-0.25, -0.2) is 0 Å². The minimum atomic E-state index is 0.861. The predicted octanol–water partition coefficient (Wildman–Crippen LogP) is 1.96. The van der Waals surface area contributed by atoms with Gasteiger partial charge in [-0.15, -0.1) is 0 Å². The van der Waals surface area contributed by atoms with Crippen molar-refractivity contribution in [1.29, 1.82) is 0 Å². The molecule has 2 nitrogen and oxygen atoms in total. The fourth-order valence-electron chi connectivity index (χ4n) is 3.61. The van der Waals surface area contributed by atoms with Crippen molar-refractivity contribution in [2.45, 2.75) is 44.2 Å². The van der Waals surface area contributed by atoms with E-state index in [1.807, 2.05) is 0 Å². The lowest BCUT2D eigenvalue weighted by atomic mass is 9.88. The zero-order valence-corrected chi connectivity index (χ0v) is 11.0. The monoisotopic (exact) mass is 240 g/mol. The van der Waals surface area contributed by atoms with E-state index in [1.54, 1.807) is 0 Å². The lowest BCUT2D eigenvalue weighted by Crippen LogP contribution is -2.45. The van der Waals surface area contributed by atoms with Gasteiger partial charge in [-0.3, -0.25) is 4.90 Å². The van der Waals surface area contributed by atoms with Gasteiger partial charge in [-0.05, 0) is 63.4 Å². The Morgan fingerprint density at radius 3 is 2.56 bits per heavy atom. The Morgan fingerprint density at radius 2 is 1.94 bits per heavy atom. The highest BCUT2D eigenvalue weighted by Crippen LogP contribution is 2.29. The maximum absolute atomic E-state index is 3.69. The molecule has 3 aliphatic heterocycles. The summed E-state index contributed by atoms with van der Waals surface area (Å²) < 4.78 is 0. The van der Waals surface area contributed by atoms with Crippen LogP contribution in [0.1, 0.15) is 32.1 Å². The van der Waals surface area contributed by atoms with Gasteiger partial charge in [0.15, 0.2) is 0 Å². The summed E-state index contributed by atoms with van der Waals surface area (Å²) in [5.41, 5.74) is 0. The van der Waals surface area contributed by atoms with E-state index in [4.69, 9.17) is 0 Å². The molecule has 16 heavy (non-hydrogen) atoms. The fourth-order valence-corrected chi connectivity index (χ4v) is 4.87. The molecule has 0 aliphatic carbocycles. The summed E-state index contributed by atoms with van der Waals surface area (Å²) >= 11 is 2.15. The van der Waals surface area contributed by atoms with Crippen molar-refractivity contribution < 1.29 is 0 Å². The highest BCUT2D eigenvalue weighted by atomic mass is 32.2. The molecule has 3 heterocycles. The molecule has 0 amide bonds. The van der Waals surface area contributed by atoms with Gasteiger partial charge in [0.1, 0.15) is 0 Å². The molecule has 0 bridgehead atoms. The van der Waals surface area contributed by atoms with Gasteiger partial charge in [0, 0.05) is 17.8 Å². The third kappa shape index (κ3) is 2.41. The van der Waals surface area contributed by atoms with Crippen molar-refractivity contribution in [2.24, 2.45) is 5.92 Å². The van der Waals surface area contributed by atoms with Gasteiger partial charge in [-0.2, -0.15) is 11.8 Å². The molecule has 3 saturated heterocycles. The fraction of sp³-hybridized carbons (Fsp3) is 1.00. The van der Waals surface area contributed by atoms with Crippen LogP contribution in [0.15, 0.2) is 0 Å². The molecule has 0 aromatic rings. The van der Waals surface area contributed by atoms with E-state index in [0.717, 1.165) is 18.0 Å². The number of thioether (sulfide) groups is 1. The molecule has 0 radical (unpaired) electrons. The van der Waals surface area contributed by atoms with E-state index in [1.165, 1.54) is 63.2 Å². The first kappa shape index (κ1) is 11.4. The molecule has 2 unspecified atom stereocenters. The summed E-state index contributed by atoms with van der Waals surface area (Å²) in [5.74, 6) is 3.77. The van der Waals surface area contributed by atoms with Crippen LogP contribution in [0.3, 0.4) is 0 Å². The smallest absolute Gasteiger partial charge is 0.0194 e.